The van der Waals surface area contributed by atoms with Gasteiger partial charge in [0.05, 0.1) is 4.92 Å². The van der Waals surface area contributed by atoms with Gasteiger partial charge in [-0.3, -0.25) is 29.4 Å². The number of barbiturate groups is 1. The van der Waals surface area contributed by atoms with Gasteiger partial charge in [0.15, 0.2) is 5.41 Å². The van der Waals surface area contributed by atoms with Crippen molar-refractivity contribution >= 4 is 29.4 Å². The second-order valence-electron chi connectivity index (χ2n) is 6.52. The number of hydrogen-bond acceptors (Lipinski definition) is 6. The molecular formula is C20H17N3O6. The molecule has 29 heavy (non-hydrogen) atoms. The maximum Gasteiger partial charge on any atom is 0.340 e. The minimum absolute atomic E-state index is 0.0380. The zero-order chi connectivity index (χ0) is 21.3. The number of benzene rings is 2. The smallest absolute Gasteiger partial charge is 0.273 e. The Labute approximate surface area is 165 Å². The van der Waals surface area contributed by atoms with E-state index in [2.05, 4.69) is 0 Å². The van der Waals surface area contributed by atoms with Crippen LogP contribution in [-0.2, 0) is 15.0 Å². The molecule has 2 aromatic carbocycles. The molecule has 1 saturated heterocycles. The van der Waals surface area contributed by atoms with E-state index in [1.165, 1.54) is 7.05 Å². The van der Waals surface area contributed by atoms with Crippen LogP contribution in [0.15, 0.2) is 54.6 Å². The van der Waals surface area contributed by atoms with Crippen LogP contribution in [0.2, 0.25) is 0 Å². The van der Waals surface area contributed by atoms with Crippen molar-refractivity contribution in [2.75, 3.05) is 7.05 Å². The van der Waals surface area contributed by atoms with Gasteiger partial charge in [0.25, 0.3) is 23.4 Å². The lowest BCUT2D eigenvalue weighted by Crippen LogP contribution is -2.67. The predicted molar refractivity (Wildman–Crippen MR) is 101 cm³/mol. The number of non-ortho nitro benzene ring substituents is 1. The van der Waals surface area contributed by atoms with Gasteiger partial charge in [-0.25, -0.2) is 4.79 Å². The Kier molecular flexibility index (Phi) is 4.98. The normalized spacial score (nSPS) is 19.4. The highest BCUT2D eigenvalue weighted by atomic mass is 16.6. The highest BCUT2D eigenvalue weighted by Gasteiger charge is 2.58. The largest absolute Gasteiger partial charge is 0.340 e. The number of nitrogens with zero attached hydrogens (tertiary/aromatic N) is 3. The van der Waals surface area contributed by atoms with Gasteiger partial charge >= 0.3 is 6.03 Å². The molecule has 2 aromatic rings. The van der Waals surface area contributed by atoms with Gasteiger partial charge in [0, 0.05) is 24.7 Å². The molecule has 0 bridgehead atoms. The number of nitro benzene ring substituents is 1. The van der Waals surface area contributed by atoms with Gasteiger partial charge in [-0.2, -0.15) is 4.90 Å². The van der Waals surface area contributed by atoms with Crippen LogP contribution in [0.4, 0.5) is 10.5 Å². The first-order valence-corrected chi connectivity index (χ1v) is 8.76. The van der Waals surface area contributed by atoms with Crippen LogP contribution in [0.25, 0.3) is 0 Å². The van der Waals surface area contributed by atoms with E-state index in [-0.39, 0.29) is 17.7 Å². The Bertz CT molecular complexity index is 1020. The van der Waals surface area contributed by atoms with E-state index in [0.29, 0.717) is 10.5 Å². The molecule has 1 aliphatic rings. The molecule has 1 unspecified atom stereocenters. The van der Waals surface area contributed by atoms with E-state index in [1.54, 1.807) is 37.3 Å². The summed E-state index contributed by atoms with van der Waals surface area (Å²) < 4.78 is 0. The molecule has 0 spiro atoms. The Hall–Kier alpha value is -3.88. The maximum absolute atomic E-state index is 13.4. The first-order chi connectivity index (χ1) is 13.8. The quantitative estimate of drug-likeness (QED) is 0.340. The fraction of sp³-hybridized carbons (Fsp3) is 0.200. The molecule has 3 rings (SSSR count). The van der Waals surface area contributed by atoms with E-state index < -0.39 is 34.1 Å². The Morgan fingerprint density at radius 1 is 1.00 bits per heavy atom. The maximum atomic E-state index is 13.4. The molecule has 0 radical (unpaired) electrons. The number of amides is 5. The first kappa shape index (κ1) is 19.9. The van der Waals surface area contributed by atoms with Gasteiger partial charge in [0.2, 0.25) is 0 Å². The molecule has 1 aliphatic heterocycles. The second-order valence-corrected chi connectivity index (χ2v) is 6.52. The predicted octanol–water partition coefficient (Wildman–Crippen LogP) is 2.50. The number of urea groups is 1. The van der Waals surface area contributed by atoms with Gasteiger partial charge < -0.3 is 0 Å². The molecule has 0 saturated carbocycles. The molecule has 148 valence electrons. The van der Waals surface area contributed by atoms with Crippen molar-refractivity contribution < 1.29 is 24.1 Å². The Morgan fingerprint density at radius 3 is 2.10 bits per heavy atom. The van der Waals surface area contributed by atoms with Crippen molar-refractivity contribution in [3.05, 3.63) is 75.8 Å². The average molecular weight is 395 g/mol. The van der Waals surface area contributed by atoms with Crippen molar-refractivity contribution in [1.29, 1.82) is 0 Å². The summed E-state index contributed by atoms with van der Waals surface area (Å²) in [4.78, 5) is 63.3. The summed E-state index contributed by atoms with van der Waals surface area (Å²) in [5.74, 6) is -2.61. The molecular weight excluding hydrogens is 378 g/mol. The third-order valence-electron chi connectivity index (χ3n) is 5.04. The number of carbonyl (C=O) groups excluding carboxylic acids is 4. The molecule has 9 nitrogen and oxygen atoms in total. The van der Waals surface area contributed by atoms with E-state index in [0.717, 1.165) is 29.2 Å². The van der Waals surface area contributed by atoms with Crippen LogP contribution >= 0.6 is 0 Å². The standard InChI is InChI=1S/C20H17N3O6/c1-3-20(14-7-5-4-6-8-14)17(25)21(2)19(27)22(18(20)26)16(24)13-9-11-15(12-10-13)23(28)29/h4-12H,3H2,1-2H3. The highest BCUT2D eigenvalue weighted by molar-refractivity contribution is 6.30. The number of nitro groups is 1. The number of imide groups is 4. The van der Waals surface area contributed by atoms with Gasteiger partial charge in [-0.1, -0.05) is 37.3 Å². The van der Waals surface area contributed by atoms with E-state index >= 15 is 0 Å². The van der Waals surface area contributed by atoms with Crippen LogP contribution in [0.1, 0.15) is 29.3 Å². The summed E-state index contributed by atoms with van der Waals surface area (Å²) in [6.07, 6.45) is 0.0380. The fourth-order valence-electron chi connectivity index (χ4n) is 3.40. The average Bonchev–Trinajstić information content (AvgIpc) is 2.74. The summed E-state index contributed by atoms with van der Waals surface area (Å²) in [5, 5.41) is 10.8. The van der Waals surface area contributed by atoms with Gasteiger partial charge in [-0.05, 0) is 24.1 Å². The number of likely N-dealkylation sites (N-methyl/N-ethyl adjacent to an activating group) is 1. The number of hydrogen-bond donors (Lipinski definition) is 0. The second kappa shape index (κ2) is 7.27. The van der Waals surface area contributed by atoms with Gasteiger partial charge in [-0.15, -0.1) is 0 Å². The van der Waals surface area contributed by atoms with E-state index in [9.17, 15) is 29.3 Å². The molecule has 1 fully saturated rings. The van der Waals surface area contributed by atoms with Crippen molar-refractivity contribution in [2.24, 2.45) is 0 Å². The molecule has 5 amide bonds. The molecule has 0 aromatic heterocycles. The molecule has 1 heterocycles. The van der Waals surface area contributed by atoms with Crippen molar-refractivity contribution in [3.8, 4) is 0 Å². The molecule has 0 N–H and O–H groups in total. The minimum Gasteiger partial charge on any atom is -0.273 e. The summed E-state index contributed by atoms with van der Waals surface area (Å²) in [7, 11) is 1.21. The topological polar surface area (TPSA) is 118 Å². The van der Waals surface area contributed by atoms with Crippen LogP contribution < -0.4 is 0 Å². The Balaban J connectivity index is 2.10. The zero-order valence-corrected chi connectivity index (χ0v) is 15.7. The van der Waals surface area contributed by atoms with E-state index in [1.807, 2.05) is 0 Å². The van der Waals surface area contributed by atoms with Crippen molar-refractivity contribution in [2.45, 2.75) is 18.8 Å². The summed E-state index contributed by atoms with van der Waals surface area (Å²) in [6.45, 7) is 1.63. The fourth-order valence-corrected chi connectivity index (χ4v) is 3.40. The molecule has 9 heteroatoms. The third kappa shape index (κ3) is 2.96. The summed E-state index contributed by atoms with van der Waals surface area (Å²) in [5.41, 5.74) is -1.67. The Morgan fingerprint density at radius 2 is 1.59 bits per heavy atom. The molecule has 0 aliphatic carbocycles. The third-order valence-corrected chi connectivity index (χ3v) is 5.04. The number of carbonyl (C=O) groups is 4. The zero-order valence-electron chi connectivity index (χ0n) is 15.7. The van der Waals surface area contributed by atoms with Crippen LogP contribution in [0.5, 0.6) is 0 Å². The molecule has 1 atom stereocenters. The highest BCUT2D eigenvalue weighted by Crippen LogP contribution is 2.36. The number of rotatable bonds is 4. The van der Waals surface area contributed by atoms with Crippen LogP contribution in [-0.4, -0.2) is 45.5 Å². The van der Waals surface area contributed by atoms with Crippen LogP contribution in [0, 0.1) is 10.1 Å². The van der Waals surface area contributed by atoms with Crippen molar-refractivity contribution in [3.63, 3.8) is 0 Å². The first-order valence-electron chi connectivity index (χ1n) is 8.76. The summed E-state index contributed by atoms with van der Waals surface area (Å²) in [6, 6.07) is 11.7. The van der Waals surface area contributed by atoms with Gasteiger partial charge in [0.1, 0.15) is 0 Å². The lowest BCUT2D eigenvalue weighted by molar-refractivity contribution is -0.384. The lowest BCUT2D eigenvalue weighted by atomic mass is 9.74. The van der Waals surface area contributed by atoms with Crippen molar-refractivity contribution in [1.82, 2.24) is 9.80 Å². The lowest BCUT2D eigenvalue weighted by Gasteiger charge is -2.41. The SMILES string of the molecule is CCC1(c2ccccc2)C(=O)N(C)C(=O)N(C(=O)c2ccc([N+](=O)[O-])cc2)C1=O. The monoisotopic (exact) mass is 395 g/mol. The summed E-state index contributed by atoms with van der Waals surface area (Å²) >= 11 is 0. The van der Waals surface area contributed by atoms with E-state index in [4.69, 9.17) is 0 Å². The van der Waals surface area contributed by atoms with Crippen LogP contribution in [0.3, 0.4) is 0 Å². The minimum atomic E-state index is -1.72.